The number of aromatic carboxylic acids is 1. The van der Waals surface area contributed by atoms with Gasteiger partial charge >= 0.3 is 11.9 Å². The van der Waals surface area contributed by atoms with Crippen molar-refractivity contribution in [2.24, 2.45) is 0 Å². The SMILES string of the molecule is COC(=O)Cc1ccc(C(=O)O)cc1[N+](=O)[O-]. The van der Waals surface area contributed by atoms with E-state index >= 15 is 0 Å². The third kappa shape index (κ3) is 3.00. The van der Waals surface area contributed by atoms with Gasteiger partial charge in [0.15, 0.2) is 0 Å². The number of esters is 1. The summed E-state index contributed by atoms with van der Waals surface area (Å²) < 4.78 is 4.39. The van der Waals surface area contributed by atoms with Crippen LogP contribution in [0, 0.1) is 10.1 Å². The second-order valence-electron chi connectivity index (χ2n) is 3.16. The number of ether oxygens (including phenoxy) is 1. The summed E-state index contributed by atoms with van der Waals surface area (Å²) in [5.41, 5.74) is -0.493. The Kier molecular flexibility index (Phi) is 3.76. The molecule has 0 aliphatic heterocycles. The number of benzene rings is 1. The minimum Gasteiger partial charge on any atom is -0.478 e. The molecule has 0 heterocycles. The van der Waals surface area contributed by atoms with Crippen molar-refractivity contribution < 1.29 is 24.4 Å². The molecule has 0 aliphatic rings. The average molecular weight is 239 g/mol. The van der Waals surface area contributed by atoms with E-state index in [0.29, 0.717) is 0 Å². The number of rotatable bonds is 4. The maximum Gasteiger partial charge on any atom is 0.335 e. The number of carboxylic acid groups (broad SMARTS) is 1. The van der Waals surface area contributed by atoms with Gasteiger partial charge in [0, 0.05) is 11.6 Å². The van der Waals surface area contributed by atoms with Crippen LogP contribution in [-0.2, 0) is 16.0 Å². The second-order valence-corrected chi connectivity index (χ2v) is 3.16. The highest BCUT2D eigenvalue weighted by Gasteiger charge is 2.19. The zero-order valence-corrected chi connectivity index (χ0v) is 8.87. The molecule has 0 spiro atoms. The Bertz CT molecular complexity index is 482. The average Bonchev–Trinajstić information content (AvgIpc) is 2.28. The predicted octanol–water partition coefficient (Wildman–Crippen LogP) is 1.01. The minimum atomic E-state index is -1.27. The third-order valence-electron chi connectivity index (χ3n) is 2.09. The normalized spacial score (nSPS) is 9.71. The van der Waals surface area contributed by atoms with Gasteiger partial charge in [0.25, 0.3) is 5.69 Å². The summed E-state index contributed by atoms with van der Waals surface area (Å²) in [6.45, 7) is 0. The Morgan fingerprint density at radius 3 is 2.59 bits per heavy atom. The molecule has 0 atom stereocenters. The minimum absolute atomic E-state index is 0.117. The first kappa shape index (κ1) is 12.6. The molecular formula is C10H9NO6. The molecule has 7 heteroatoms. The molecule has 0 aliphatic carbocycles. The monoisotopic (exact) mass is 239 g/mol. The fourth-order valence-corrected chi connectivity index (χ4v) is 1.24. The molecule has 1 N–H and O–H groups in total. The Balaban J connectivity index is 3.17. The lowest BCUT2D eigenvalue weighted by atomic mass is 10.1. The van der Waals surface area contributed by atoms with Crippen molar-refractivity contribution in [3.05, 3.63) is 39.4 Å². The lowest BCUT2D eigenvalue weighted by Crippen LogP contribution is -2.08. The highest BCUT2D eigenvalue weighted by molar-refractivity contribution is 5.89. The molecule has 7 nitrogen and oxygen atoms in total. The maximum absolute atomic E-state index is 11.0. The van der Waals surface area contributed by atoms with Crippen LogP contribution in [0.25, 0.3) is 0 Å². The van der Waals surface area contributed by atoms with Gasteiger partial charge in [-0.25, -0.2) is 4.79 Å². The van der Waals surface area contributed by atoms with Crippen LogP contribution >= 0.6 is 0 Å². The molecular weight excluding hydrogens is 230 g/mol. The van der Waals surface area contributed by atoms with Crippen LogP contribution in [0.3, 0.4) is 0 Å². The van der Waals surface area contributed by atoms with E-state index in [1.165, 1.54) is 19.2 Å². The highest BCUT2D eigenvalue weighted by Crippen LogP contribution is 2.21. The van der Waals surface area contributed by atoms with Crippen LogP contribution in [0.2, 0.25) is 0 Å². The number of hydrogen-bond acceptors (Lipinski definition) is 5. The highest BCUT2D eigenvalue weighted by atomic mass is 16.6. The van der Waals surface area contributed by atoms with E-state index in [4.69, 9.17) is 5.11 Å². The Hall–Kier alpha value is -2.44. The molecule has 17 heavy (non-hydrogen) atoms. The quantitative estimate of drug-likeness (QED) is 0.477. The maximum atomic E-state index is 11.0. The van der Waals surface area contributed by atoms with Crippen molar-refractivity contribution in [2.75, 3.05) is 7.11 Å². The van der Waals surface area contributed by atoms with E-state index in [-0.39, 0.29) is 17.5 Å². The molecule has 0 fully saturated rings. The van der Waals surface area contributed by atoms with Crippen LogP contribution in [0.5, 0.6) is 0 Å². The zero-order chi connectivity index (χ0) is 13.0. The van der Waals surface area contributed by atoms with Crippen LogP contribution < -0.4 is 0 Å². The first-order chi connectivity index (χ1) is 7.95. The summed E-state index contributed by atoms with van der Waals surface area (Å²) >= 11 is 0. The molecule has 1 aromatic carbocycles. The van der Waals surface area contributed by atoms with Crippen molar-refractivity contribution in [2.45, 2.75) is 6.42 Å². The Labute approximate surface area is 95.8 Å². The van der Waals surface area contributed by atoms with E-state index < -0.39 is 22.5 Å². The van der Waals surface area contributed by atoms with Gasteiger partial charge in [-0.3, -0.25) is 14.9 Å². The number of methoxy groups -OCH3 is 1. The molecule has 0 radical (unpaired) electrons. The number of hydrogen-bond donors (Lipinski definition) is 1. The fourth-order valence-electron chi connectivity index (χ4n) is 1.24. The summed E-state index contributed by atoms with van der Waals surface area (Å²) in [5, 5.41) is 19.4. The summed E-state index contributed by atoms with van der Waals surface area (Å²) in [6, 6.07) is 3.35. The topological polar surface area (TPSA) is 107 Å². The number of carbonyl (C=O) groups excluding carboxylic acids is 1. The lowest BCUT2D eigenvalue weighted by molar-refractivity contribution is -0.385. The van der Waals surface area contributed by atoms with Gasteiger partial charge in [0.1, 0.15) is 0 Å². The molecule has 0 amide bonds. The van der Waals surface area contributed by atoms with Crippen LogP contribution in [0.1, 0.15) is 15.9 Å². The van der Waals surface area contributed by atoms with Gasteiger partial charge in [-0.2, -0.15) is 0 Å². The number of carboxylic acids is 1. The standard InChI is InChI=1S/C10H9NO6/c1-17-9(12)5-6-2-3-7(10(13)14)4-8(6)11(15)16/h2-4H,5H2,1H3,(H,13,14). The summed E-state index contributed by atoms with van der Waals surface area (Å²) in [5.74, 6) is -1.89. The van der Waals surface area contributed by atoms with Crippen molar-refractivity contribution in [1.82, 2.24) is 0 Å². The molecule has 90 valence electrons. The zero-order valence-electron chi connectivity index (χ0n) is 8.87. The number of carbonyl (C=O) groups is 2. The Morgan fingerprint density at radius 1 is 1.47 bits per heavy atom. The largest absolute Gasteiger partial charge is 0.478 e. The van der Waals surface area contributed by atoms with E-state index in [1.54, 1.807) is 0 Å². The number of nitro benzene ring substituents is 1. The third-order valence-corrected chi connectivity index (χ3v) is 2.09. The molecule has 0 saturated carbocycles. The summed E-state index contributed by atoms with van der Waals surface area (Å²) in [6.07, 6.45) is -0.271. The van der Waals surface area contributed by atoms with E-state index in [2.05, 4.69) is 4.74 Å². The van der Waals surface area contributed by atoms with Crippen molar-refractivity contribution in [3.8, 4) is 0 Å². The molecule has 0 aromatic heterocycles. The number of nitro groups is 1. The second kappa shape index (κ2) is 5.06. The van der Waals surface area contributed by atoms with Gasteiger partial charge in [0.2, 0.25) is 0 Å². The van der Waals surface area contributed by atoms with Crippen molar-refractivity contribution >= 4 is 17.6 Å². The molecule has 0 unspecified atom stereocenters. The lowest BCUT2D eigenvalue weighted by Gasteiger charge is -2.02. The number of nitrogens with zero attached hydrogens (tertiary/aromatic N) is 1. The predicted molar refractivity (Wildman–Crippen MR) is 55.8 cm³/mol. The van der Waals surface area contributed by atoms with Crippen molar-refractivity contribution in [3.63, 3.8) is 0 Å². The van der Waals surface area contributed by atoms with Gasteiger partial charge in [-0.1, -0.05) is 6.07 Å². The van der Waals surface area contributed by atoms with Crippen LogP contribution in [0.15, 0.2) is 18.2 Å². The van der Waals surface area contributed by atoms with Gasteiger partial charge < -0.3 is 9.84 Å². The van der Waals surface area contributed by atoms with E-state index in [1.807, 2.05) is 0 Å². The van der Waals surface area contributed by atoms with Gasteiger partial charge in [-0.05, 0) is 6.07 Å². The molecule has 0 saturated heterocycles. The van der Waals surface area contributed by atoms with E-state index in [0.717, 1.165) is 6.07 Å². The van der Waals surface area contributed by atoms with E-state index in [9.17, 15) is 19.7 Å². The first-order valence-corrected chi connectivity index (χ1v) is 4.53. The van der Waals surface area contributed by atoms with Gasteiger partial charge in [0.05, 0.1) is 24.0 Å². The smallest absolute Gasteiger partial charge is 0.335 e. The first-order valence-electron chi connectivity index (χ1n) is 4.53. The van der Waals surface area contributed by atoms with Gasteiger partial charge in [-0.15, -0.1) is 0 Å². The molecule has 1 rings (SSSR count). The summed E-state index contributed by atoms with van der Waals surface area (Å²) in [7, 11) is 1.17. The fraction of sp³-hybridized carbons (Fsp3) is 0.200. The van der Waals surface area contributed by atoms with Crippen LogP contribution in [-0.4, -0.2) is 29.1 Å². The Morgan fingerprint density at radius 2 is 2.12 bits per heavy atom. The molecule has 1 aromatic rings. The van der Waals surface area contributed by atoms with Crippen LogP contribution in [0.4, 0.5) is 5.69 Å². The summed E-state index contributed by atoms with van der Waals surface area (Å²) in [4.78, 5) is 31.7. The molecule has 0 bridgehead atoms. The van der Waals surface area contributed by atoms with Crippen molar-refractivity contribution in [1.29, 1.82) is 0 Å².